The molecule has 0 amide bonds. The number of ether oxygens (including phenoxy) is 2. The van der Waals surface area contributed by atoms with Crippen molar-refractivity contribution >= 4 is 28.6 Å². The predicted octanol–water partition coefficient (Wildman–Crippen LogP) is 2.83. The van der Waals surface area contributed by atoms with E-state index in [9.17, 15) is 5.11 Å². The molecule has 28 heavy (non-hydrogen) atoms. The highest BCUT2D eigenvalue weighted by Gasteiger charge is 2.22. The van der Waals surface area contributed by atoms with Crippen molar-refractivity contribution in [2.24, 2.45) is 0 Å². The molecule has 1 aromatic carbocycles. The lowest BCUT2D eigenvalue weighted by Crippen LogP contribution is -2.30. The van der Waals surface area contributed by atoms with Gasteiger partial charge in [-0.2, -0.15) is 9.97 Å². The van der Waals surface area contributed by atoms with Crippen LogP contribution in [-0.2, 0) is 0 Å². The summed E-state index contributed by atoms with van der Waals surface area (Å²) in [6.07, 6.45) is 4.86. The lowest BCUT2D eigenvalue weighted by Gasteiger charge is -2.27. The number of hydrogen-bond donors (Lipinski definition) is 4. The van der Waals surface area contributed by atoms with E-state index in [4.69, 9.17) is 9.47 Å². The molecular formula is C19H24N6O3. The first kappa shape index (κ1) is 18.3. The number of H-pyrrole nitrogens is 1. The molecule has 2 heterocycles. The predicted molar refractivity (Wildman–Crippen MR) is 106 cm³/mol. The zero-order valence-corrected chi connectivity index (χ0v) is 15.9. The van der Waals surface area contributed by atoms with Gasteiger partial charge < -0.3 is 30.2 Å². The van der Waals surface area contributed by atoms with Crippen molar-refractivity contribution < 1.29 is 14.6 Å². The quantitative estimate of drug-likeness (QED) is 0.512. The van der Waals surface area contributed by atoms with Crippen LogP contribution in [0, 0.1) is 0 Å². The van der Waals surface area contributed by atoms with Crippen LogP contribution in [0.5, 0.6) is 11.5 Å². The second-order valence-electron chi connectivity index (χ2n) is 6.85. The Balaban J connectivity index is 1.63. The minimum Gasteiger partial charge on any atom is -0.497 e. The maximum absolute atomic E-state index is 9.95. The van der Waals surface area contributed by atoms with Gasteiger partial charge >= 0.3 is 0 Å². The lowest BCUT2D eigenvalue weighted by atomic mass is 9.93. The highest BCUT2D eigenvalue weighted by Crippen LogP contribution is 2.32. The van der Waals surface area contributed by atoms with Crippen molar-refractivity contribution in [3.8, 4) is 11.5 Å². The van der Waals surface area contributed by atoms with Gasteiger partial charge in [0.1, 0.15) is 17.0 Å². The summed E-state index contributed by atoms with van der Waals surface area (Å²) < 4.78 is 10.7. The monoisotopic (exact) mass is 384 g/mol. The van der Waals surface area contributed by atoms with Crippen LogP contribution in [0.25, 0.3) is 11.2 Å². The second-order valence-corrected chi connectivity index (χ2v) is 6.85. The van der Waals surface area contributed by atoms with Gasteiger partial charge in [0.25, 0.3) is 0 Å². The van der Waals surface area contributed by atoms with E-state index in [1.165, 1.54) is 0 Å². The van der Waals surface area contributed by atoms with Gasteiger partial charge in [0, 0.05) is 12.1 Å². The molecule has 0 bridgehead atoms. The third-order valence-corrected chi connectivity index (χ3v) is 4.93. The number of aliphatic hydroxyl groups is 1. The normalized spacial score (nSPS) is 19.4. The number of imidazole rings is 1. The Hall–Kier alpha value is -3.07. The first-order valence-electron chi connectivity index (χ1n) is 9.31. The molecule has 1 aliphatic carbocycles. The number of anilines is 3. The molecule has 2 atom stereocenters. The summed E-state index contributed by atoms with van der Waals surface area (Å²) in [4.78, 5) is 16.5. The fraction of sp³-hybridized carbons (Fsp3) is 0.421. The molecular weight excluding hydrogens is 360 g/mol. The molecule has 2 aromatic heterocycles. The minimum absolute atomic E-state index is 0.161. The van der Waals surface area contributed by atoms with E-state index in [0.717, 1.165) is 30.5 Å². The largest absolute Gasteiger partial charge is 0.497 e. The van der Waals surface area contributed by atoms with Crippen LogP contribution in [0.2, 0.25) is 0 Å². The maximum Gasteiger partial charge on any atom is 0.231 e. The zero-order chi connectivity index (χ0) is 19.5. The number of methoxy groups -OCH3 is 2. The third-order valence-electron chi connectivity index (χ3n) is 4.93. The molecule has 4 N–H and O–H groups in total. The summed E-state index contributed by atoms with van der Waals surface area (Å²) in [6.45, 7) is 0. The van der Waals surface area contributed by atoms with Crippen molar-refractivity contribution in [2.75, 3.05) is 24.9 Å². The van der Waals surface area contributed by atoms with Crippen molar-refractivity contribution in [1.29, 1.82) is 0 Å². The van der Waals surface area contributed by atoms with Crippen LogP contribution < -0.4 is 20.1 Å². The van der Waals surface area contributed by atoms with Gasteiger partial charge in [-0.3, -0.25) is 0 Å². The Morgan fingerprint density at radius 2 is 2.07 bits per heavy atom. The number of nitrogens with zero attached hydrogens (tertiary/aromatic N) is 3. The molecule has 1 fully saturated rings. The zero-order valence-electron chi connectivity index (χ0n) is 15.9. The average Bonchev–Trinajstić information content (AvgIpc) is 3.17. The summed E-state index contributed by atoms with van der Waals surface area (Å²) in [5.41, 5.74) is 2.02. The standard InChI is InChI=1S/C19H24N6O3/c1-27-13-6-7-14(15(9-13)28-2)23-19-24-17-16(20-10-21-17)18(25-19)22-11-4-3-5-12(26)8-11/h6-7,9-12,26H,3-5,8H2,1-2H3,(H3,20,21,22,23,24,25). The maximum atomic E-state index is 9.95. The lowest BCUT2D eigenvalue weighted by molar-refractivity contribution is 0.124. The van der Waals surface area contributed by atoms with E-state index in [1.807, 2.05) is 12.1 Å². The number of aromatic nitrogens is 4. The molecule has 0 aliphatic heterocycles. The molecule has 3 aromatic rings. The number of nitrogens with one attached hydrogen (secondary N) is 3. The van der Waals surface area contributed by atoms with Crippen LogP contribution in [-0.4, -0.2) is 51.4 Å². The molecule has 4 rings (SSSR count). The van der Waals surface area contributed by atoms with Crippen LogP contribution >= 0.6 is 0 Å². The summed E-state index contributed by atoms with van der Waals surface area (Å²) >= 11 is 0. The van der Waals surface area contributed by atoms with E-state index < -0.39 is 0 Å². The first-order chi connectivity index (χ1) is 13.7. The molecule has 9 heteroatoms. The Labute approximate surface area is 162 Å². The molecule has 1 aliphatic rings. The number of aliphatic hydroxyl groups excluding tert-OH is 1. The van der Waals surface area contributed by atoms with Crippen molar-refractivity contribution in [1.82, 2.24) is 19.9 Å². The molecule has 2 unspecified atom stereocenters. The smallest absolute Gasteiger partial charge is 0.231 e. The highest BCUT2D eigenvalue weighted by molar-refractivity contribution is 5.84. The Morgan fingerprint density at radius 1 is 1.18 bits per heavy atom. The summed E-state index contributed by atoms with van der Waals surface area (Å²) in [5.74, 6) is 2.39. The fourth-order valence-corrected chi connectivity index (χ4v) is 3.50. The topological polar surface area (TPSA) is 117 Å². The van der Waals surface area contributed by atoms with Gasteiger partial charge in [-0.15, -0.1) is 0 Å². The molecule has 1 saturated carbocycles. The Bertz CT molecular complexity index is 960. The van der Waals surface area contributed by atoms with Gasteiger partial charge in [0.2, 0.25) is 5.95 Å². The summed E-state index contributed by atoms with van der Waals surface area (Å²) in [7, 11) is 3.20. The van der Waals surface area contributed by atoms with E-state index in [1.54, 1.807) is 26.6 Å². The van der Waals surface area contributed by atoms with Gasteiger partial charge in [-0.1, -0.05) is 0 Å². The number of fused-ring (bicyclic) bond motifs is 1. The molecule has 148 valence electrons. The molecule has 0 saturated heterocycles. The van der Waals surface area contributed by atoms with Gasteiger partial charge in [0.15, 0.2) is 11.5 Å². The number of hydrogen-bond acceptors (Lipinski definition) is 8. The van der Waals surface area contributed by atoms with Crippen LogP contribution in [0.4, 0.5) is 17.5 Å². The second kappa shape index (κ2) is 7.89. The van der Waals surface area contributed by atoms with Crippen LogP contribution in [0.3, 0.4) is 0 Å². The van der Waals surface area contributed by atoms with Crippen LogP contribution in [0.1, 0.15) is 25.7 Å². The van der Waals surface area contributed by atoms with Gasteiger partial charge in [0.05, 0.1) is 32.3 Å². The highest BCUT2D eigenvalue weighted by atomic mass is 16.5. The van der Waals surface area contributed by atoms with E-state index in [2.05, 4.69) is 30.6 Å². The summed E-state index contributed by atoms with van der Waals surface area (Å²) in [5, 5.41) is 16.6. The number of rotatable bonds is 6. The van der Waals surface area contributed by atoms with Crippen molar-refractivity contribution in [2.45, 2.75) is 37.8 Å². The number of benzene rings is 1. The van der Waals surface area contributed by atoms with Crippen molar-refractivity contribution in [3.63, 3.8) is 0 Å². The van der Waals surface area contributed by atoms with E-state index in [-0.39, 0.29) is 12.1 Å². The SMILES string of the molecule is COc1ccc(Nc2nc(NC3CCCC(O)C3)c3[nH]cnc3n2)c(OC)c1. The van der Waals surface area contributed by atoms with E-state index in [0.29, 0.717) is 35.3 Å². The fourth-order valence-electron chi connectivity index (χ4n) is 3.50. The van der Waals surface area contributed by atoms with Crippen molar-refractivity contribution in [3.05, 3.63) is 24.5 Å². The third kappa shape index (κ3) is 3.79. The average molecular weight is 384 g/mol. The molecule has 9 nitrogen and oxygen atoms in total. The van der Waals surface area contributed by atoms with Gasteiger partial charge in [-0.05, 0) is 37.8 Å². The number of aromatic amines is 1. The Kier molecular flexibility index (Phi) is 5.16. The Morgan fingerprint density at radius 3 is 2.86 bits per heavy atom. The molecule has 0 spiro atoms. The summed E-state index contributed by atoms with van der Waals surface area (Å²) in [6, 6.07) is 5.63. The minimum atomic E-state index is -0.272. The van der Waals surface area contributed by atoms with Gasteiger partial charge in [-0.25, -0.2) is 4.98 Å². The first-order valence-corrected chi connectivity index (χ1v) is 9.31. The van der Waals surface area contributed by atoms with Crippen LogP contribution in [0.15, 0.2) is 24.5 Å². The molecule has 0 radical (unpaired) electrons. The van der Waals surface area contributed by atoms with E-state index >= 15 is 0 Å².